The molecule has 0 radical (unpaired) electrons. The van der Waals surface area contributed by atoms with E-state index in [1.54, 1.807) is 4.90 Å². The van der Waals surface area contributed by atoms with Crippen LogP contribution in [-0.4, -0.2) is 94.2 Å². The van der Waals surface area contributed by atoms with Gasteiger partial charge in [0.15, 0.2) is 9.84 Å². The van der Waals surface area contributed by atoms with Crippen LogP contribution in [0.5, 0.6) is 0 Å². The molecule has 1 N–H and O–H groups in total. The molecule has 0 spiro atoms. The average molecular weight is 333 g/mol. The van der Waals surface area contributed by atoms with Gasteiger partial charge in [0.2, 0.25) is 5.91 Å². The Bertz CT molecular complexity index is 482. The molecule has 128 valence electrons. The third-order valence-electron chi connectivity index (χ3n) is 4.30. The smallest absolute Gasteiger partial charge is 0.236 e. The third kappa shape index (κ3) is 4.91. The van der Waals surface area contributed by atoms with Gasteiger partial charge in [-0.1, -0.05) is 0 Å². The summed E-state index contributed by atoms with van der Waals surface area (Å²) in [5.41, 5.74) is 0. The van der Waals surface area contributed by atoms with Crippen molar-refractivity contribution in [2.75, 3.05) is 57.9 Å². The van der Waals surface area contributed by atoms with Gasteiger partial charge in [0.1, 0.15) is 0 Å². The number of likely N-dealkylation sites (N-methyl/N-ethyl adjacent to an activating group) is 2. The first-order valence-electron chi connectivity index (χ1n) is 7.92. The summed E-state index contributed by atoms with van der Waals surface area (Å²) in [7, 11) is -0.912. The minimum Gasteiger partial charge on any atom is -0.374 e. The molecule has 2 fully saturated rings. The lowest BCUT2D eigenvalue weighted by Gasteiger charge is -2.31. The Kier molecular flexibility index (Phi) is 6.19. The lowest BCUT2D eigenvalue weighted by atomic mass is 10.2. The van der Waals surface area contributed by atoms with E-state index >= 15 is 0 Å². The highest BCUT2D eigenvalue weighted by Crippen LogP contribution is 2.17. The molecule has 0 aromatic carbocycles. The van der Waals surface area contributed by atoms with E-state index in [4.69, 9.17) is 4.74 Å². The zero-order chi connectivity index (χ0) is 16.2. The lowest BCUT2D eigenvalue weighted by molar-refractivity contribution is -0.132. The first kappa shape index (κ1) is 17.7. The number of rotatable bonds is 6. The van der Waals surface area contributed by atoms with Crippen LogP contribution in [-0.2, 0) is 19.4 Å². The maximum Gasteiger partial charge on any atom is 0.236 e. The maximum absolute atomic E-state index is 12.3. The molecule has 2 rings (SSSR count). The van der Waals surface area contributed by atoms with Crippen molar-refractivity contribution in [1.82, 2.24) is 15.1 Å². The number of carbonyl (C=O) groups excluding carboxylic acids is 1. The van der Waals surface area contributed by atoms with Gasteiger partial charge in [-0.2, -0.15) is 0 Å². The number of sulfone groups is 1. The molecule has 0 aliphatic carbocycles. The highest BCUT2D eigenvalue weighted by molar-refractivity contribution is 7.91. The SMILES string of the molecule is CCN(C(=O)CNC[C@@H]1CN(C)CCO1)[C@@H]1CCS(=O)(=O)C1. The van der Waals surface area contributed by atoms with Crippen LogP contribution in [0.15, 0.2) is 0 Å². The molecule has 0 bridgehead atoms. The van der Waals surface area contributed by atoms with E-state index in [9.17, 15) is 13.2 Å². The van der Waals surface area contributed by atoms with E-state index in [1.807, 2.05) is 6.92 Å². The maximum atomic E-state index is 12.3. The molecule has 2 aliphatic rings. The van der Waals surface area contributed by atoms with Gasteiger partial charge < -0.3 is 19.9 Å². The van der Waals surface area contributed by atoms with E-state index in [0.29, 0.717) is 19.5 Å². The fourth-order valence-electron chi connectivity index (χ4n) is 3.09. The largest absolute Gasteiger partial charge is 0.374 e. The quantitative estimate of drug-likeness (QED) is 0.668. The van der Waals surface area contributed by atoms with Crippen molar-refractivity contribution in [3.8, 4) is 0 Å². The number of hydrogen-bond donors (Lipinski definition) is 1. The van der Waals surface area contributed by atoms with Crippen molar-refractivity contribution in [3.05, 3.63) is 0 Å². The van der Waals surface area contributed by atoms with Crippen molar-refractivity contribution in [1.29, 1.82) is 0 Å². The average Bonchev–Trinajstić information content (AvgIpc) is 2.80. The topological polar surface area (TPSA) is 79.0 Å². The van der Waals surface area contributed by atoms with Gasteiger partial charge in [-0.05, 0) is 20.4 Å². The number of amides is 1. The molecule has 8 heteroatoms. The van der Waals surface area contributed by atoms with Crippen molar-refractivity contribution in [2.24, 2.45) is 0 Å². The first-order chi connectivity index (χ1) is 10.4. The second-order valence-electron chi connectivity index (χ2n) is 6.12. The zero-order valence-corrected chi connectivity index (χ0v) is 14.3. The zero-order valence-electron chi connectivity index (χ0n) is 13.5. The molecule has 0 unspecified atom stereocenters. The summed E-state index contributed by atoms with van der Waals surface area (Å²) in [6.07, 6.45) is 0.659. The van der Waals surface area contributed by atoms with Crippen LogP contribution in [0, 0.1) is 0 Å². The summed E-state index contributed by atoms with van der Waals surface area (Å²) in [4.78, 5) is 16.2. The molecular formula is C14H27N3O4S. The van der Waals surface area contributed by atoms with E-state index < -0.39 is 9.84 Å². The Morgan fingerprint density at radius 3 is 2.82 bits per heavy atom. The Morgan fingerprint density at radius 2 is 2.23 bits per heavy atom. The van der Waals surface area contributed by atoms with Crippen LogP contribution < -0.4 is 5.32 Å². The van der Waals surface area contributed by atoms with Crippen LogP contribution >= 0.6 is 0 Å². The van der Waals surface area contributed by atoms with Gasteiger partial charge in [0.05, 0.1) is 30.8 Å². The number of nitrogens with zero attached hydrogens (tertiary/aromatic N) is 2. The second-order valence-corrected chi connectivity index (χ2v) is 8.35. The van der Waals surface area contributed by atoms with Gasteiger partial charge >= 0.3 is 0 Å². The fourth-order valence-corrected chi connectivity index (χ4v) is 4.82. The summed E-state index contributed by atoms with van der Waals surface area (Å²) in [5.74, 6) is 0.258. The number of carbonyl (C=O) groups is 1. The number of morpholine rings is 1. The summed E-state index contributed by atoms with van der Waals surface area (Å²) in [6, 6.07) is -0.165. The van der Waals surface area contributed by atoms with Crippen LogP contribution in [0.1, 0.15) is 13.3 Å². The van der Waals surface area contributed by atoms with Crippen LogP contribution in [0.3, 0.4) is 0 Å². The monoisotopic (exact) mass is 333 g/mol. The number of hydrogen-bond acceptors (Lipinski definition) is 6. The first-order valence-corrected chi connectivity index (χ1v) is 9.74. The number of nitrogens with one attached hydrogen (secondary N) is 1. The molecular weight excluding hydrogens is 306 g/mol. The van der Waals surface area contributed by atoms with Crippen LogP contribution in [0.25, 0.3) is 0 Å². The van der Waals surface area contributed by atoms with Crippen molar-refractivity contribution in [2.45, 2.75) is 25.5 Å². The predicted octanol–water partition coefficient (Wildman–Crippen LogP) is -1.06. The molecule has 0 saturated carbocycles. The van der Waals surface area contributed by atoms with Crippen LogP contribution in [0.4, 0.5) is 0 Å². The summed E-state index contributed by atoms with van der Waals surface area (Å²) in [6.45, 7) is 5.82. The minimum absolute atomic E-state index is 0.0336. The normalized spacial score (nSPS) is 28.6. The summed E-state index contributed by atoms with van der Waals surface area (Å²) < 4.78 is 28.8. The van der Waals surface area contributed by atoms with Gasteiger partial charge in [-0.15, -0.1) is 0 Å². The second kappa shape index (κ2) is 7.72. The minimum atomic E-state index is -2.97. The Labute approximate surface area is 132 Å². The van der Waals surface area contributed by atoms with Crippen molar-refractivity contribution in [3.63, 3.8) is 0 Å². The van der Waals surface area contributed by atoms with Gasteiger partial charge in [0, 0.05) is 32.2 Å². The highest BCUT2D eigenvalue weighted by Gasteiger charge is 2.33. The Hall–Kier alpha value is -0.700. The molecule has 7 nitrogen and oxygen atoms in total. The molecule has 2 saturated heterocycles. The molecule has 2 aliphatic heterocycles. The molecule has 2 heterocycles. The molecule has 2 atom stereocenters. The standard InChI is InChI=1S/C14H27N3O4S/c1-3-17(12-4-7-22(19,20)11-12)14(18)9-15-8-13-10-16(2)5-6-21-13/h12-13,15H,3-11H2,1-2H3/t12-,13-/m1/s1. The fraction of sp³-hybridized carbons (Fsp3) is 0.929. The van der Waals surface area contributed by atoms with Crippen molar-refractivity contribution < 1.29 is 17.9 Å². The third-order valence-corrected chi connectivity index (χ3v) is 6.05. The van der Waals surface area contributed by atoms with E-state index in [1.165, 1.54) is 0 Å². The van der Waals surface area contributed by atoms with Crippen LogP contribution in [0.2, 0.25) is 0 Å². The van der Waals surface area contributed by atoms with Gasteiger partial charge in [-0.25, -0.2) is 8.42 Å². The molecule has 22 heavy (non-hydrogen) atoms. The Balaban J connectivity index is 1.75. The summed E-state index contributed by atoms with van der Waals surface area (Å²) >= 11 is 0. The molecule has 0 aromatic rings. The van der Waals surface area contributed by atoms with E-state index in [0.717, 1.165) is 19.7 Å². The van der Waals surface area contributed by atoms with Crippen molar-refractivity contribution >= 4 is 15.7 Å². The number of ether oxygens (including phenoxy) is 1. The Morgan fingerprint density at radius 1 is 1.45 bits per heavy atom. The van der Waals surface area contributed by atoms with E-state index in [-0.39, 0.29) is 36.1 Å². The summed E-state index contributed by atoms with van der Waals surface area (Å²) in [5, 5.41) is 3.14. The van der Waals surface area contributed by atoms with Gasteiger partial charge in [0.25, 0.3) is 0 Å². The van der Waals surface area contributed by atoms with E-state index in [2.05, 4.69) is 17.3 Å². The highest BCUT2D eigenvalue weighted by atomic mass is 32.2. The predicted molar refractivity (Wildman–Crippen MR) is 84.6 cm³/mol. The van der Waals surface area contributed by atoms with Gasteiger partial charge in [-0.3, -0.25) is 4.79 Å². The lowest BCUT2D eigenvalue weighted by Crippen LogP contribution is -2.48. The molecule has 1 amide bonds. The molecule has 0 aromatic heterocycles.